The Morgan fingerprint density at radius 1 is 1.27 bits per heavy atom. The standard InChI is InChI=1S/C14H17ClN6O/c1-8(2)12(16)13(22)19-21-14-18-11(7-17-20-14)9-3-5-10(15)6-4-9/h3-8,12H,16H2,1-2H3,(H,19,22)(H,18,20,21). The molecule has 0 saturated carbocycles. The molecular weight excluding hydrogens is 304 g/mol. The first-order valence-electron chi connectivity index (χ1n) is 6.74. The SMILES string of the molecule is CC(C)C(N)C(=O)NNc1nncc(-c2ccc(Cl)cc2)n1. The molecule has 0 aliphatic carbocycles. The van der Waals surface area contributed by atoms with Gasteiger partial charge in [0.1, 0.15) is 0 Å². The van der Waals surface area contributed by atoms with Crippen molar-refractivity contribution in [2.24, 2.45) is 11.7 Å². The van der Waals surface area contributed by atoms with Crippen LogP contribution in [0, 0.1) is 5.92 Å². The van der Waals surface area contributed by atoms with Crippen LogP contribution in [-0.2, 0) is 4.79 Å². The summed E-state index contributed by atoms with van der Waals surface area (Å²) in [6.45, 7) is 3.73. The minimum absolute atomic E-state index is 0.0289. The highest BCUT2D eigenvalue weighted by molar-refractivity contribution is 6.30. The molecule has 0 aliphatic rings. The summed E-state index contributed by atoms with van der Waals surface area (Å²) in [5.74, 6) is -0.131. The number of anilines is 1. The number of aromatic nitrogens is 3. The van der Waals surface area contributed by atoms with Crippen molar-refractivity contribution in [3.63, 3.8) is 0 Å². The van der Waals surface area contributed by atoms with Gasteiger partial charge in [-0.15, -0.1) is 5.10 Å². The number of carbonyl (C=O) groups is 1. The molecule has 8 heteroatoms. The molecule has 4 N–H and O–H groups in total. The highest BCUT2D eigenvalue weighted by Gasteiger charge is 2.17. The van der Waals surface area contributed by atoms with E-state index in [2.05, 4.69) is 26.0 Å². The van der Waals surface area contributed by atoms with Crippen LogP contribution in [0.5, 0.6) is 0 Å². The molecule has 0 fully saturated rings. The summed E-state index contributed by atoms with van der Waals surface area (Å²) in [5.41, 5.74) is 12.3. The van der Waals surface area contributed by atoms with Crippen LogP contribution in [0.15, 0.2) is 30.5 Å². The third-order valence-corrected chi connectivity index (χ3v) is 3.27. The van der Waals surface area contributed by atoms with E-state index in [4.69, 9.17) is 17.3 Å². The van der Waals surface area contributed by atoms with Gasteiger partial charge in [-0.1, -0.05) is 37.6 Å². The van der Waals surface area contributed by atoms with E-state index in [1.54, 1.807) is 12.1 Å². The van der Waals surface area contributed by atoms with Crippen molar-refractivity contribution in [2.45, 2.75) is 19.9 Å². The lowest BCUT2D eigenvalue weighted by atomic mass is 10.1. The van der Waals surface area contributed by atoms with Crippen LogP contribution >= 0.6 is 11.6 Å². The van der Waals surface area contributed by atoms with E-state index in [1.807, 2.05) is 26.0 Å². The second-order valence-corrected chi connectivity index (χ2v) is 5.49. The molecule has 0 radical (unpaired) electrons. The van der Waals surface area contributed by atoms with Crippen LogP contribution in [0.4, 0.5) is 5.95 Å². The van der Waals surface area contributed by atoms with Crippen molar-refractivity contribution in [3.8, 4) is 11.3 Å². The smallest absolute Gasteiger partial charge is 0.262 e. The predicted molar refractivity (Wildman–Crippen MR) is 84.9 cm³/mol. The van der Waals surface area contributed by atoms with Gasteiger partial charge in [0, 0.05) is 10.6 Å². The van der Waals surface area contributed by atoms with Crippen LogP contribution in [-0.4, -0.2) is 27.1 Å². The number of rotatable bonds is 5. The Morgan fingerprint density at radius 2 is 1.95 bits per heavy atom. The summed E-state index contributed by atoms with van der Waals surface area (Å²) in [5, 5.41) is 8.29. The summed E-state index contributed by atoms with van der Waals surface area (Å²) in [7, 11) is 0. The third kappa shape index (κ3) is 4.12. The Bertz CT molecular complexity index is 646. The van der Waals surface area contributed by atoms with E-state index >= 15 is 0 Å². The monoisotopic (exact) mass is 320 g/mol. The number of halogens is 1. The molecule has 22 heavy (non-hydrogen) atoms. The Labute approximate surface area is 133 Å². The van der Waals surface area contributed by atoms with Gasteiger partial charge in [-0.2, -0.15) is 5.10 Å². The fourth-order valence-electron chi connectivity index (χ4n) is 1.62. The van der Waals surface area contributed by atoms with Gasteiger partial charge in [0.05, 0.1) is 17.9 Å². The molecule has 1 aromatic heterocycles. The molecule has 2 rings (SSSR count). The minimum Gasteiger partial charge on any atom is -0.320 e. The number of nitrogens with one attached hydrogen (secondary N) is 2. The van der Waals surface area contributed by atoms with Crippen molar-refractivity contribution in [2.75, 3.05) is 5.43 Å². The van der Waals surface area contributed by atoms with Crippen LogP contribution in [0.2, 0.25) is 5.02 Å². The van der Waals surface area contributed by atoms with E-state index in [0.717, 1.165) is 5.56 Å². The second kappa shape index (κ2) is 7.15. The number of hydrazine groups is 1. The average molecular weight is 321 g/mol. The van der Waals surface area contributed by atoms with Gasteiger partial charge < -0.3 is 5.73 Å². The molecule has 2 aromatic rings. The number of hydrogen-bond donors (Lipinski definition) is 3. The summed E-state index contributed by atoms with van der Waals surface area (Å²) in [6.07, 6.45) is 1.52. The molecule has 1 aromatic carbocycles. The lowest BCUT2D eigenvalue weighted by Gasteiger charge is -2.15. The van der Waals surface area contributed by atoms with Gasteiger partial charge in [-0.25, -0.2) is 4.98 Å². The van der Waals surface area contributed by atoms with E-state index < -0.39 is 6.04 Å². The number of carbonyl (C=O) groups excluding carboxylic acids is 1. The van der Waals surface area contributed by atoms with Crippen LogP contribution in [0.3, 0.4) is 0 Å². The molecule has 0 bridgehead atoms. The largest absolute Gasteiger partial charge is 0.320 e. The van der Waals surface area contributed by atoms with E-state index in [1.165, 1.54) is 6.20 Å². The first kappa shape index (κ1) is 16.1. The Morgan fingerprint density at radius 3 is 2.59 bits per heavy atom. The maximum atomic E-state index is 11.8. The topological polar surface area (TPSA) is 106 Å². The molecule has 7 nitrogen and oxygen atoms in total. The third-order valence-electron chi connectivity index (χ3n) is 3.02. The quantitative estimate of drug-likeness (QED) is 0.723. The zero-order chi connectivity index (χ0) is 16.1. The summed E-state index contributed by atoms with van der Waals surface area (Å²) in [4.78, 5) is 16.0. The molecule has 1 heterocycles. The van der Waals surface area contributed by atoms with Crippen LogP contribution in [0.25, 0.3) is 11.3 Å². The number of amides is 1. The summed E-state index contributed by atoms with van der Waals surface area (Å²) in [6, 6.07) is 6.55. The lowest BCUT2D eigenvalue weighted by Crippen LogP contribution is -2.46. The maximum Gasteiger partial charge on any atom is 0.262 e. The molecule has 1 unspecified atom stereocenters. The maximum absolute atomic E-state index is 11.8. The molecule has 0 aliphatic heterocycles. The minimum atomic E-state index is -0.611. The Hall–Kier alpha value is -2.25. The highest BCUT2D eigenvalue weighted by Crippen LogP contribution is 2.19. The van der Waals surface area contributed by atoms with Gasteiger partial charge in [-0.05, 0) is 18.1 Å². The van der Waals surface area contributed by atoms with E-state index in [0.29, 0.717) is 10.7 Å². The van der Waals surface area contributed by atoms with E-state index in [-0.39, 0.29) is 17.8 Å². The number of nitrogens with zero attached hydrogens (tertiary/aromatic N) is 3. The van der Waals surface area contributed by atoms with E-state index in [9.17, 15) is 4.79 Å². The van der Waals surface area contributed by atoms with Gasteiger partial charge in [-0.3, -0.25) is 15.6 Å². The van der Waals surface area contributed by atoms with Gasteiger partial charge in [0.25, 0.3) is 11.9 Å². The Kier molecular flexibility index (Phi) is 5.24. The summed E-state index contributed by atoms with van der Waals surface area (Å²) >= 11 is 5.85. The Balaban J connectivity index is 2.06. The lowest BCUT2D eigenvalue weighted by molar-refractivity contribution is -0.122. The number of hydrogen-bond acceptors (Lipinski definition) is 6. The van der Waals surface area contributed by atoms with Gasteiger partial charge >= 0.3 is 0 Å². The van der Waals surface area contributed by atoms with Crippen LogP contribution in [0.1, 0.15) is 13.8 Å². The molecule has 1 amide bonds. The zero-order valence-corrected chi connectivity index (χ0v) is 13.0. The zero-order valence-electron chi connectivity index (χ0n) is 12.2. The van der Waals surface area contributed by atoms with Crippen molar-refractivity contribution in [1.29, 1.82) is 0 Å². The number of nitrogens with two attached hydrogens (primary N) is 1. The second-order valence-electron chi connectivity index (χ2n) is 5.06. The fourth-order valence-corrected chi connectivity index (χ4v) is 1.75. The molecule has 0 saturated heterocycles. The van der Waals surface area contributed by atoms with Crippen molar-refractivity contribution >= 4 is 23.5 Å². The molecular formula is C14H17ClN6O. The normalized spacial score (nSPS) is 12.0. The van der Waals surface area contributed by atoms with Crippen molar-refractivity contribution in [1.82, 2.24) is 20.6 Å². The molecule has 0 spiro atoms. The van der Waals surface area contributed by atoms with Crippen LogP contribution < -0.4 is 16.6 Å². The van der Waals surface area contributed by atoms with Crippen molar-refractivity contribution in [3.05, 3.63) is 35.5 Å². The first-order valence-corrected chi connectivity index (χ1v) is 7.12. The molecule has 116 valence electrons. The van der Waals surface area contributed by atoms with Gasteiger partial charge in [0.2, 0.25) is 0 Å². The highest BCUT2D eigenvalue weighted by atomic mass is 35.5. The number of benzene rings is 1. The average Bonchev–Trinajstić information content (AvgIpc) is 2.52. The summed E-state index contributed by atoms with van der Waals surface area (Å²) < 4.78 is 0. The first-order chi connectivity index (χ1) is 10.5. The molecule has 1 atom stereocenters. The van der Waals surface area contributed by atoms with Gasteiger partial charge in [0.15, 0.2) is 0 Å². The van der Waals surface area contributed by atoms with Crippen molar-refractivity contribution < 1.29 is 4.79 Å². The predicted octanol–water partition coefficient (Wildman–Crippen LogP) is 1.62. The fraction of sp³-hybridized carbons (Fsp3) is 0.286.